The highest BCUT2D eigenvalue weighted by Gasteiger charge is 2.05. The minimum atomic E-state index is -0.238. The Morgan fingerprint density at radius 2 is 2.25 bits per heavy atom. The summed E-state index contributed by atoms with van der Waals surface area (Å²) in [4.78, 5) is 0. The maximum atomic E-state index is 12.9. The molecule has 0 bridgehead atoms. The molecule has 0 aliphatic carbocycles. The van der Waals surface area contributed by atoms with Crippen molar-refractivity contribution in [1.82, 2.24) is 9.78 Å². The molecule has 0 aliphatic heterocycles. The van der Waals surface area contributed by atoms with E-state index in [1.165, 1.54) is 12.1 Å². The summed E-state index contributed by atoms with van der Waals surface area (Å²) in [5, 5.41) is 4.16. The second kappa shape index (κ2) is 4.35. The molecule has 1 aromatic carbocycles. The predicted molar refractivity (Wildman–Crippen MR) is 59.4 cm³/mol. The van der Waals surface area contributed by atoms with E-state index in [9.17, 15) is 4.39 Å². The molecule has 0 amide bonds. The Morgan fingerprint density at radius 3 is 2.94 bits per heavy atom. The first kappa shape index (κ1) is 10.7. The van der Waals surface area contributed by atoms with Gasteiger partial charge in [-0.15, -0.1) is 0 Å². The van der Waals surface area contributed by atoms with Gasteiger partial charge in [-0.1, -0.05) is 0 Å². The summed E-state index contributed by atoms with van der Waals surface area (Å²) >= 11 is 0. The van der Waals surface area contributed by atoms with E-state index < -0.39 is 0 Å². The zero-order chi connectivity index (χ0) is 11.5. The van der Waals surface area contributed by atoms with Gasteiger partial charge in [-0.25, -0.2) is 9.07 Å². The SMILES string of the molecule is CCOc1cnn(-c2ccc(F)cc2C)c1. The molecule has 16 heavy (non-hydrogen) atoms. The third-order valence-electron chi connectivity index (χ3n) is 2.28. The fraction of sp³-hybridized carbons (Fsp3) is 0.250. The molecule has 1 aromatic heterocycles. The van der Waals surface area contributed by atoms with Crippen LogP contribution in [0.15, 0.2) is 30.6 Å². The molecule has 0 aliphatic rings. The molecule has 1 heterocycles. The third-order valence-corrected chi connectivity index (χ3v) is 2.28. The number of ether oxygens (including phenoxy) is 1. The summed E-state index contributed by atoms with van der Waals surface area (Å²) in [5.74, 6) is 0.477. The third kappa shape index (κ3) is 2.05. The standard InChI is InChI=1S/C12H13FN2O/c1-3-16-11-7-14-15(8-11)12-5-4-10(13)6-9(12)2/h4-8H,3H2,1-2H3. The Balaban J connectivity index is 2.35. The number of rotatable bonds is 3. The van der Waals surface area contributed by atoms with Crippen LogP contribution in [-0.4, -0.2) is 16.4 Å². The second-order valence-electron chi connectivity index (χ2n) is 3.48. The monoisotopic (exact) mass is 220 g/mol. The van der Waals surface area contributed by atoms with E-state index in [1.54, 1.807) is 23.1 Å². The molecule has 0 radical (unpaired) electrons. The van der Waals surface area contributed by atoms with Gasteiger partial charge in [-0.2, -0.15) is 5.10 Å². The molecular formula is C12H13FN2O. The average molecular weight is 220 g/mol. The molecule has 2 aromatic rings. The van der Waals surface area contributed by atoms with Gasteiger partial charge in [0.1, 0.15) is 5.82 Å². The van der Waals surface area contributed by atoms with Gasteiger partial charge in [0.2, 0.25) is 0 Å². The van der Waals surface area contributed by atoms with Crippen LogP contribution in [0.25, 0.3) is 5.69 Å². The van der Waals surface area contributed by atoms with Gasteiger partial charge >= 0.3 is 0 Å². The van der Waals surface area contributed by atoms with Crippen LogP contribution >= 0.6 is 0 Å². The summed E-state index contributed by atoms with van der Waals surface area (Å²) in [5.41, 5.74) is 1.69. The number of aromatic nitrogens is 2. The van der Waals surface area contributed by atoms with E-state index in [0.717, 1.165) is 11.3 Å². The van der Waals surface area contributed by atoms with Crippen LogP contribution < -0.4 is 4.74 Å². The number of aryl methyl sites for hydroxylation is 1. The van der Waals surface area contributed by atoms with Crippen LogP contribution in [0, 0.1) is 12.7 Å². The molecule has 0 saturated carbocycles. The molecule has 0 atom stereocenters. The lowest BCUT2D eigenvalue weighted by molar-refractivity contribution is 0.340. The van der Waals surface area contributed by atoms with Crippen LogP contribution in [0.1, 0.15) is 12.5 Å². The summed E-state index contributed by atoms with van der Waals surface area (Å²) in [6, 6.07) is 4.61. The average Bonchev–Trinajstić information content (AvgIpc) is 2.67. The maximum absolute atomic E-state index is 12.9. The van der Waals surface area contributed by atoms with Crippen molar-refractivity contribution in [1.29, 1.82) is 0 Å². The highest BCUT2D eigenvalue weighted by atomic mass is 19.1. The van der Waals surface area contributed by atoms with E-state index in [4.69, 9.17) is 4.74 Å². The van der Waals surface area contributed by atoms with Crippen molar-refractivity contribution in [2.24, 2.45) is 0 Å². The van der Waals surface area contributed by atoms with Gasteiger partial charge in [0.25, 0.3) is 0 Å². The molecule has 3 nitrogen and oxygen atoms in total. The number of halogens is 1. The van der Waals surface area contributed by atoms with Gasteiger partial charge < -0.3 is 4.74 Å². The summed E-state index contributed by atoms with van der Waals surface area (Å²) in [6.07, 6.45) is 3.43. The van der Waals surface area contributed by atoms with E-state index in [0.29, 0.717) is 12.4 Å². The number of hydrogen-bond donors (Lipinski definition) is 0. The summed E-state index contributed by atoms with van der Waals surface area (Å²) in [7, 11) is 0. The quantitative estimate of drug-likeness (QED) is 0.795. The Kier molecular flexibility index (Phi) is 2.90. The Labute approximate surface area is 93.5 Å². The smallest absolute Gasteiger partial charge is 0.157 e. The summed E-state index contributed by atoms with van der Waals surface area (Å²) < 4.78 is 19.9. The van der Waals surface area contributed by atoms with E-state index in [-0.39, 0.29) is 5.82 Å². The maximum Gasteiger partial charge on any atom is 0.157 e. The van der Waals surface area contributed by atoms with Crippen LogP contribution in [0.4, 0.5) is 4.39 Å². The molecule has 0 unspecified atom stereocenters. The van der Waals surface area contributed by atoms with Crippen molar-refractivity contribution in [2.75, 3.05) is 6.61 Å². The van der Waals surface area contributed by atoms with Crippen LogP contribution in [0.5, 0.6) is 5.75 Å². The lowest BCUT2D eigenvalue weighted by Gasteiger charge is -2.05. The fourth-order valence-corrected chi connectivity index (χ4v) is 1.56. The molecule has 0 N–H and O–H groups in total. The number of nitrogens with zero attached hydrogens (tertiary/aromatic N) is 2. The summed E-state index contributed by atoms with van der Waals surface area (Å²) in [6.45, 7) is 4.37. The van der Waals surface area contributed by atoms with E-state index in [1.807, 2.05) is 13.8 Å². The molecular weight excluding hydrogens is 207 g/mol. The zero-order valence-electron chi connectivity index (χ0n) is 9.27. The van der Waals surface area contributed by atoms with Crippen LogP contribution in [-0.2, 0) is 0 Å². The lowest BCUT2D eigenvalue weighted by Crippen LogP contribution is -1.97. The fourth-order valence-electron chi connectivity index (χ4n) is 1.56. The van der Waals surface area contributed by atoms with Gasteiger partial charge in [-0.3, -0.25) is 0 Å². The number of hydrogen-bond acceptors (Lipinski definition) is 2. The Bertz CT molecular complexity index is 494. The minimum absolute atomic E-state index is 0.238. The van der Waals surface area contributed by atoms with Crippen molar-refractivity contribution in [3.05, 3.63) is 42.0 Å². The molecule has 0 fully saturated rings. The first-order valence-electron chi connectivity index (χ1n) is 5.14. The lowest BCUT2D eigenvalue weighted by atomic mass is 10.2. The topological polar surface area (TPSA) is 27.1 Å². The van der Waals surface area contributed by atoms with Crippen molar-refractivity contribution in [2.45, 2.75) is 13.8 Å². The molecule has 2 rings (SSSR count). The van der Waals surface area contributed by atoms with Crippen molar-refractivity contribution >= 4 is 0 Å². The highest BCUT2D eigenvalue weighted by molar-refractivity contribution is 5.40. The van der Waals surface area contributed by atoms with Crippen molar-refractivity contribution < 1.29 is 9.13 Å². The second-order valence-corrected chi connectivity index (χ2v) is 3.48. The van der Waals surface area contributed by atoms with Crippen molar-refractivity contribution in [3.8, 4) is 11.4 Å². The molecule has 84 valence electrons. The van der Waals surface area contributed by atoms with E-state index in [2.05, 4.69) is 5.10 Å². The Morgan fingerprint density at radius 1 is 1.44 bits per heavy atom. The van der Waals surface area contributed by atoms with Gasteiger partial charge in [0, 0.05) is 0 Å². The predicted octanol–water partition coefficient (Wildman–Crippen LogP) is 2.72. The first-order chi connectivity index (χ1) is 7.70. The minimum Gasteiger partial charge on any atom is -0.491 e. The van der Waals surface area contributed by atoms with Crippen LogP contribution in [0.3, 0.4) is 0 Å². The highest BCUT2D eigenvalue weighted by Crippen LogP contribution is 2.17. The van der Waals surface area contributed by atoms with Crippen LogP contribution in [0.2, 0.25) is 0 Å². The molecule has 0 saturated heterocycles. The zero-order valence-corrected chi connectivity index (χ0v) is 9.27. The van der Waals surface area contributed by atoms with Gasteiger partial charge in [0.05, 0.1) is 24.7 Å². The first-order valence-corrected chi connectivity index (χ1v) is 5.14. The number of benzene rings is 1. The largest absolute Gasteiger partial charge is 0.491 e. The molecule has 0 spiro atoms. The van der Waals surface area contributed by atoms with Gasteiger partial charge in [0.15, 0.2) is 5.75 Å². The normalized spacial score (nSPS) is 10.4. The van der Waals surface area contributed by atoms with E-state index >= 15 is 0 Å². The van der Waals surface area contributed by atoms with Gasteiger partial charge in [-0.05, 0) is 37.6 Å². The molecule has 4 heteroatoms. The Hall–Kier alpha value is -1.84. The van der Waals surface area contributed by atoms with Crippen molar-refractivity contribution in [3.63, 3.8) is 0 Å².